The summed E-state index contributed by atoms with van der Waals surface area (Å²) in [6.07, 6.45) is -4.73. The van der Waals surface area contributed by atoms with Gasteiger partial charge in [-0.25, -0.2) is 0 Å². The number of fused-ring (bicyclic) bond motifs is 6. The van der Waals surface area contributed by atoms with Crippen LogP contribution in [0.25, 0.3) is 88.4 Å². The van der Waals surface area contributed by atoms with Gasteiger partial charge in [0.15, 0.2) is 0 Å². The first-order valence-electron chi connectivity index (χ1n) is 20.2. The van der Waals surface area contributed by atoms with Crippen molar-refractivity contribution in [1.82, 2.24) is 9.13 Å². The summed E-state index contributed by atoms with van der Waals surface area (Å²) in [5, 5.41) is 64.2. The molecule has 0 aliphatic carbocycles. The Morgan fingerprint density at radius 3 is 1.26 bits per heavy atom. The second-order valence-corrected chi connectivity index (χ2v) is 15.6. The van der Waals surface area contributed by atoms with Crippen LogP contribution in [-0.2, 0) is 6.18 Å². The second kappa shape index (κ2) is 15.5. The van der Waals surface area contributed by atoms with Gasteiger partial charge in [0, 0.05) is 32.7 Å². The lowest BCUT2D eigenvalue weighted by atomic mass is 9.94. The number of halogens is 3. The molecule has 0 aliphatic heterocycles. The van der Waals surface area contributed by atoms with Crippen molar-refractivity contribution >= 4 is 43.6 Å². The number of para-hydroxylation sites is 2. The Bertz CT molecular complexity index is 3950. The Hall–Kier alpha value is -9.91. The maximum Gasteiger partial charge on any atom is 0.416 e. The smallest absolute Gasteiger partial charge is 0.309 e. The molecule has 0 unspecified atom stereocenters. The van der Waals surface area contributed by atoms with Gasteiger partial charge in [-0.05, 0) is 107 Å². The van der Waals surface area contributed by atoms with E-state index >= 15 is 0 Å². The van der Waals surface area contributed by atoms with Crippen molar-refractivity contribution in [2.24, 2.45) is 0 Å². The molecule has 2 aromatic heterocycles. The van der Waals surface area contributed by atoms with E-state index in [1.54, 1.807) is 36.4 Å². The Morgan fingerprint density at radius 2 is 0.803 bits per heavy atom. The van der Waals surface area contributed by atoms with Gasteiger partial charge in [0.2, 0.25) is 0 Å². The quantitative estimate of drug-likeness (QED) is 0.168. The maximum absolute atomic E-state index is 14.2. The van der Waals surface area contributed by atoms with Crippen molar-refractivity contribution < 1.29 is 13.2 Å². The zero-order valence-corrected chi connectivity index (χ0v) is 34.1. The standard InChI is InChI=1S/C55H25F3N8/c56-55(57,58)42-11-14-43(40(21-42)30-63)48-25-51(65-49-7-3-1-5-44(49)46-12-9-36(22-52(46)65)38-17-32(26-59)15-33(18-38)27-60)41(31-64)24-54(48)66-50-8-4-2-6-45(50)47-13-10-37(23-53(47)66)39-19-34(28-61)16-35(20-39)29-62/h1-25H. The van der Waals surface area contributed by atoms with E-state index in [-0.39, 0.29) is 16.7 Å². The van der Waals surface area contributed by atoms with Crippen molar-refractivity contribution in [3.8, 4) is 81.2 Å². The Morgan fingerprint density at radius 1 is 0.348 bits per heavy atom. The van der Waals surface area contributed by atoms with E-state index in [9.17, 15) is 44.7 Å². The largest absolute Gasteiger partial charge is 0.416 e. The molecule has 11 heteroatoms. The third kappa shape index (κ3) is 6.51. The highest BCUT2D eigenvalue weighted by Gasteiger charge is 2.32. The normalized spacial score (nSPS) is 11.2. The van der Waals surface area contributed by atoms with Crippen LogP contribution in [-0.4, -0.2) is 9.13 Å². The zero-order chi connectivity index (χ0) is 45.9. The average molecular weight is 855 g/mol. The molecule has 10 aromatic rings. The number of benzene rings is 8. The van der Waals surface area contributed by atoms with Crippen LogP contribution in [0.1, 0.15) is 38.9 Å². The Labute approximate surface area is 374 Å². The number of nitriles is 6. The highest BCUT2D eigenvalue weighted by atomic mass is 19.4. The lowest BCUT2D eigenvalue weighted by Crippen LogP contribution is -2.07. The molecule has 0 aliphatic rings. The molecule has 306 valence electrons. The highest BCUT2D eigenvalue weighted by molar-refractivity contribution is 6.12. The molecule has 0 saturated heterocycles. The molecule has 0 saturated carbocycles. The zero-order valence-electron chi connectivity index (χ0n) is 34.1. The molecule has 0 spiro atoms. The fraction of sp³-hybridized carbons (Fsp3) is 0.0182. The number of alkyl halides is 3. The topological polar surface area (TPSA) is 153 Å². The molecular formula is C55H25F3N8. The van der Waals surface area contributed by atoms with E-state index in [1.165, 1.54) is 18.2 Å². The van der Waals surface area contributed by atoms with E-state index in [2.05, 4.69) is 30.3 Å². The van der Waals surface area contributed by atoms with Crippen LogP contribution in [0.5, 0.6) is 0 Å². The van der Waals surface area contributed by atoms with Gasteiger partial charge in [-0.3, -0.25) is 0 Å². The van der Waals surface area contributed by atoms with E-state index in [0.717, 1.165) is 33.7 Å². The third-order valence-corrected chi connectivity index (χ3v) is 11.9. The summed E-state index contributed by atoms with van der Waals surface area (Å²) in [5.41, 5.74) is 6.83. The lowest BCUT2D eigenvalue weighted by Gasteiger charge is -2.20. The van der Waals surface area contributed by atoms with Gasteiger partial charge in [0.05, 0.1) is 103 Å². The van der Waals surface area contributed by atoms with Gasteiger partial charge in [-0.2, -0.15) is 44.7 Å². The predicted octanol–water partition coefficient (Wildman–Crippen LogP) is 13.1. The van der Waals surface area contributed by atoms with E-state index in [1.807, 2.05) is 100 Å². The van der Waals surface area contributed by atoms with Gasteiger partial charge in [-0.15, -0.1) is 0 Å². The number of rotatable bonds is 5. The summed E-state index contributed by atoms with van der Waals surface area (Å²) in [4.78, 5) is 0. The highest BCUT2D eigenvalue weighted by Crippen LogP contribution is 2.44. The molecule has 8 aromatic carbocycles. The summed E-state index contributed by atoms with van der Waals surface area (Å²) >= 11 is 0. The minimum atomic E-state index is -4.73. The number of hydrogen-bond donors (Lipinski definition) is 0. The van der Waals surface area contributed by atoms with Gasteiger partial charge < -0.3 is 9.13 Å². The molecular weight excluding hydrogens is 830 g/mol. The minimum Gasteiger partial charge on any atom is -0.309 e. The monoisotopic (exact) mass is 854 g/mol. The first-order chi connectivity index (χ1) is 32.0. The number of nitrogens with zero attached hydrogens (tertiary/aromatic N) is 8. The summed E-state index contributed by atoms with van der Waals surface area (Å²) in [6.45, 7) is 0. The molecule has 0 amide bonds. The van der Waals surface area contributed by atoms with Crippen LogP contribution in [0.4, 0.5) is 13.2 Å². The SMILES string of the molecule is N#Cc1cc(C#N)cc(-c2ccc3c4ccccc4n(-c4cc(-c5ccc(C(F)(F)F)cc5C#N)c(-n5c6ccccc6c6ccc(-c7cc(C#N)cc(C#N)c7)cc65)cc4C#N)c3c2)c1. The predicted molar refractivity (Wildman–Crippen MR) is 245 cm³/mol. The van der Waals surface area contributed by atoms with Crippen LogP contribution in [0.3, 0.4) is 0 Å². The van der Waals surface area contributed by atoms with Crippen molar-refractivity contribution in [2.45, 2.75) is 6.18 Å². The Kier molecular flexibility index (Phi) is 9.41. The van der Waals surface area contributed by atoms with Crippen LogP contribution in [0.15, 0.2) is 152 Å². The first kappa shape index (κ1) is 40.2. The maximum atomic E-state index is 14.2. The molecule has 10 rings (SSSR count). The van der Waals surface area contributed by atoms with Gasteiger partial charge in [0.25, 0.3) is 0 Å². The molecule has 0 bridgehead atoms. The van der Waals surface area contributed by atoms with Crippen LogP contribution in [0, 0.1) is 68.0 Å². The average Bonchev–Trinajstić information content (AvgIpc) is 3.86. The number of hydrogen-bond acceptors (Lipinski definition) is 6. The molecule has 8 nitrogen and oxygen atoms in total. The van der Waals surface area contributed by atoms with Crippen LogP contribution >= 0.6 is 0 Å². The van der Waals surface area contributed by atoms with Gasteiger partial charge in [0.1, 0.15) is 6.07 Å². The Balaban J connectivity index is 1.32. The van der Waals surface area contributed by atoms with E-state index in [0.29, 0.717) is 83.5 Å². The van der Waals surface area contributed by atoms with Crippen molar-refractivity contribution in [2.75, 3.05) is 0 Å². The van der Waals surface area contributed by atoms with Crippen molar-refractivity contribution in [3.63, 3.8) is 0 Å². The van der Waals surface area contributed by atoms with Gasteiger partial charge in [-0.1, -0.05) is 66.7 Å². The van der Waals surface area contributed by atoms with Crippen molar-refractivity contribution in [1.29, 1.82) is 31.6 Å². The first-order valence-corrected chi connectivity index (χ1v) is 20.2. The van der Waals surface area contributed by atoms with E-state index in [4.69, 9.17) is 0 Å². The minimum absolute atomic E-state index is 0.188. The summed E-state index contributed by atoms with van der Waals surface area (Å²) in [5.74, 6) is 0. The second-order valence-electron chi connectivity index (χ2n) is 15.6. The van der Waals surface area contributed by atoms with E-state index < -0.39 is 11.7 Å². The van der Waals surface area contributed by atoms with Crippen molar-refractivity contribution in [3.05, 3.63) is 191 Å². The summed E-state index contributed by atoms with van der Waals surface area (Å²) in [7, 11) is 0. The third-order valence-electron chi connectivity index (χ3n) is 11.9. The van der Waals surface area contributed by atoms with Crippen LogP contribution in [0.2, 0.25) is 0 Å². The molecule has 0 fully saturated rings. The molecule has 2 heterocycles. The number of aromatic nitrogens is 2. The lowest BCUT2D eigenvalue weighted by molar-refractivity contribution is -0.137. The molecule has 0 radical (unpaired) electrons. The molecule has 0 atom stereocenters. The summed E-state index contributed by atoms with van der Waals surface area (Å²) in [6, 6.07) is 55.8. The van der Waals surface area contributed by atoms with Gasteiger partial charge >= 0.3 is 6.18 Å². The van der Waals surface area contributed by atoms with Crippen LogP contribution < -0.4 is 0 Å². The molecule has 0 N–H and O–H groups in total. The molecule has 66 heavy (non-hydrogen) atoms. The fourth-order valence-electron chi connectivity index (χ4n) is 8.97. The summed E-state index contributed by atoms with van der Waals surface area (Å²) < 4.78 is 46.5. The fourth-order valence-corrected chi connectivity index (χ4v) is 8.97.